The summed E-state index contributed by atoms with van der Waals surface area (Å²) < 4.78 is 19.0. The molecule has 82 valence electrons. The predicted molar refractivity (Wildman–Crippen MR) is 62.7 cm³/mol. The third-order valence-electron chi connectivity index (χ3n) is 2.05. The summed E-state index contributed by atoms with van der Waals surface area (Å²) >= 11 is 3.01. The summed E-state index contributed by atoms with van der Waals surface area (Å²) in [4.78, 5) is 3.76. The van der Waals surface area contributed by atoms with E-state index in [9.17, 15) is 4.39 Å². The number of aromatic nitrogens is 1. The van der Waals surface area contributed by atoms with Crippen LogP contribution in [0.25, 0.3) is 0 Å². The minimum atomic E-state index is -0.474. The molecule has 1 aromatic heterocycles. The number of ether oxygens (including phenoxy) is 1. The molecule has 0 atom stereocenters. The van der Waals surface area contributed by atoms with Gasteiger partial charge in [0, 0.05) is 12.3 Å². The molecule has 2 nitrogen and oxygen atoms in total. The van der Waals surface area contributed by atoms with Crippen LogP contribution in [0.2, 0.25) is 0 Å². The van der Waals surface area contributed by atoms with Crippen LogP contribution in [0.1, 0.15) is 5.56 Å². The first-order chi connectivity index (χ1) is 7.77. The summed E-state index contributed by atoms with van der Waals surface area (Å²) in [5, 5.41) is 0. The molecular formula is C12H9BrFNO. The van der Waals surface area contributed by atoms with Gasteiger partial charge in [-0.1, -0.05) is 30.3 Å². The van der Waals surface area contributed by atoms with Gasteiger partial charge in [0.05, 0.1) is 0 Å². The average Bonchev–Trinajstić information content (AvgIpc) is 2.32. The summed E-state index contributed by atoms with van der Waals surface area (Å²) in [6.07, 6.45) is 1.49. The summed E-state index contributed by atoms with van der Waals surface area (Å²) in [7, 11) is 0. The zero-order chi connectivity index (χ0) is 11.4. The second-order valence-electron chi connectivity index (χ2n) is 3.19. The Morgan fingerprint density at radius 3 is 2.69 bits per heavy atom. The molecule has 0 unspecified atom stereocenters. The van der Waals surface area contributed by atoms with E-state index in [-0.39, 0.29) is 10.4 Å². The van der Waals surface area contributed by atoms with Crippen molar-refractivity contribution in [1.82, 2.24) is 4.98 Å². The van der Waals surface area contributed by atoms with Crippen molar-refractivity contribution in [3.8, 4) is 5.75 Å². The number of halogens is 2. The van der Waals surface area contributed by atoms with Crippen LogP contribution in [0.15, 0.2) is 47.2 Å². The van der Waals surface area contributed by atoms with E-state index in [0.717, 1.165) is 5.56 Å². The molecule has 0 fully saturated rings. The van der Waals surface area contributed by atoms with Crippen LogP contribution in [0.3, 0.4) is 0 Å². The fourth-order valence-corrected chi connectivity index (χ4v) is 1.56. The Labute approximate surface area is 101 Å². The van der Waals surface area contributed by atoms with Gasteiger partial charge in [0.1, 0.15) is 11.2 Å². The molecule has 2 rings (SSSR count). The molecule has 4 heteroatoms. The smallest absolute Gasteiger partial charge is 0.197 e. The first-order valence-corrected chi connectivity index (χ1v) is 5.53. The highest BCUT2D eigenvalue weighted by atomic mass is 79.9. The lowest BCUT2D eigenvalue weighted by Gasteiger charge is -2.07. The zero-order valence-electron chi connectivity index (χ0n) is 8.36. The summed E-state index contributed by atoms with van der Waals surface area (Å²) in [5.41, 5.74) is 0.995. The monoisotopic (exact) mass is 281 g/mol. The largest absolute Gasteiger partial charge is 0.486 e. The molecule has 0 bridgehead atoms. The number of nitrogens with zero attached hydrogens (tertiary/aromatic N) is 1. The van der Waals surface area contributed by atoms with Crippen LogP contribution in [0, 0.1) is 5.82 Å². The normalized spacial score (nSPS) is 10.1. The van der Waals surface area contributed by atoms with Gasteiger partial charge in [-0.2, -0.15) is 4.39 Å². The molecule has 16 heavy (non-hydrogen) atoms. The van der Waals surface area contributed by atoms with E-state index in [2.05, 4.69) is 20.9 Å². The average molecular weight is 282 g/mol. The molecule has 0 aliphatic heterocycles. The first kappa shape index (κ1) is 11.1. The Morgan fingerprint density at radius 1 is 1.19 bits per heavy atom. The minimum Gasteiger partial charge on any atom is -0.486 e. The lowest BCUT2D eigenvalue weighted by molar-refractivity contribution is 0.289. The highest BCUT2D eigenvalue weighted by molar-refractivity contribution is 9.10. The Bertz CT molecular complexity index is 476. The summed E-state index contributed by atoms with van der Waals surface area (Å²) in [6.45, 7) is 0.341. The van der Waals surface area contributed by atoms with Crippen LogP contribution in [0.4, 0.5) is 4.39 Å². The Morgan fingerprint density at radius 2 is 1.94 bits per heavy atom. The van der Waals surface area contributed by atoms with Gasteiger partial charge in [-0.25, -0.2) is 4.98 Å². The molecular weight excluding hydrogens is 273 g/mol. The summed E-state index contributed by atoms with van der Waals surface area (Å²) in [5.74, 6) is -0.274. The van der Waals surface area contributed by atoms with Gasteiger partial charge >= 0.3 is 0 Å². The second-order valence-corrected chi connectivity index (χ2v) is 3.94. The second kappa shape index (κ2) is 5.07. The van der Waals surface area contributed by atoms with Gasteiger partial charge in [-0.15, -0.1) is 0 Å². The number of hydrogen-bond donors (Lipinski definition) is 0. The van der Waals surface area contributed by atoms with Crippen molar-refractivity contribution in [1.29, 1.82) is 0 Å². The van der Waals surface area contributed by atoms with Gasteiger partial charge in [0.25, 0.3) is 0 Å². The van der Waals surface area contributed by atoms with Crippen molar-refractivity contribution >= 4 is 15.9 Å². The van der Waals surface area contributed by atoms with E-state index in [1.54, 1.807) is 0 Å². The van der Waals surface area contributed by atoms with Crippen LogP contribution in [0.5, 0.6) is 5.75 Å². The van der Waals surface area contributed by atoms with Crippen molar-refractivity contribution in [2.24, 2.45) is 0 Å². The molecule has 0 aliphatic carbocycles. The van der Waals surface area contributed by atoms with Crippen molar-refractivity contribution in [2.75, 3.05) is 0 Å². The van der Waals surface area contributed by atoms with E-state index in [0.29, 0.717) is 6.61 Å². The van der Waals surface area contributed by atoms with E-state index in [1.807, 2.05) is 30.3 Å². The van der Waals surface area contributed by atoms with Gasteiger partial charge in [-0.3, -0.25) is 0 Å². The third kappa shape index (κ3) is 2.58. The number of benzene rings is 1. The van der Waals surface area contributed by atoms with E-state index >= 15 is 0 Å². The topological polar surface area (TPSA) is 22.1 Å². The lowest BCUT2D eigenvalue weighted by atomic mass is 10.2. The number of rotatable bonds is 3. The van der Waals surface area contributed by atoms with Crippen molar-refractivity contribution in [2.45, 2.75) is 6.61 Å². The van der Waals surface area contributed by atoms with Crippen LogP contribution in [-0.4, -0.2) is 4.98 Å². The SMILES string of the molecule is Fc1c(OCc2ccccc2)ccnc1Br. The molecule has 1 aromatic carbocycles. The van der Waals surface area contributed by atoms with E-state index < -0.39 is 5.82 Å². The molecule has 0 saturated heterocycles. The number of pyridine rings is 1. The fourth-order valence-electron chi connectivity index (χ4n) is 1.25. The van der Waals surface area contributed by atoms with Gasteiger partial charge in [0.2, 0.25) is 0 Å². The summed E-state index contributed by atoms with van der Waals surface area (Å²) in [6, 6.07) is 11.1. The molecule has 0 amide bonds. The van der Waals surface area contributed by atoms with Gasteiger partial charge in [0.15, 0.2) is 11.6 Å². The molecule has 0 N–H and O–H groups in total. The molecule has 2 aromatic rings. The maximum absolute atomic E-state index is 13.5. The van der Waals surface area contributed by atoms with Crippen LogP contribution in [-0.2, 0) is 6.61 Å². The minimum absolute atomic E-state index is 0.165. The van der Waals surface area contributed by atoms with Crippen molar-refractivity contribution < 1.29 is 9.13 Å². The van der Waals surface area contributed by atoms with Crippen molar-refractivity contribution in [3.63, 3.8) is 0 Å². The molecule has 0 aliphatic rings. The highest BCUT2D eigenvalue weighted by Gasteiger charge is 2.07. The van der Waals surface area contributed by atoms with E-state index in [4.69, 9.17) is 4.74 Å². The zero-order valence-corrected chi connectivity index (χ0v) is 9.95. The molecule has 1 heterocycles. The van der Waals surface area contributed by atoms with Crippen LogP contribution < -0.4 is 4.74 Å². The first-order valence-electron chi connectivity index (χ1n) is 4.74. The molecule has 0 saturated carbocycles. The highest BCUT2D eigenvalue weighted by Crippen LogP contribution is 2.22. The lowest BCUT2D eigenvalue weighted by Crippen LogP contribution is -1.98. The Balaban J connectivity index is 2.08. The van der Waals surface area contributed by atoms with Gasteiger partial charge < -0.3 is 4.74 Å². The van der Waals surface area contributed by atoms with Crippen molar-refractivity contribution in [3.05, 3.63) is 58.6 Å². The van der Waals surface area contributed by atoms with Crippen LogP contribution >= 0.6 is 15.9 Å². The van der Waals surface area contributed by atoms with E-state index in [1.165, 1.54) is 12.3 Å². The maximum Gasteiger partial charge on any atom is 0.197 e. The Kier molecular flexibility index (Phi) is 3.51. The number of hydrogen-bond acceptors (Lipinski definition) is 2. The quantitative estimate of drug-likeness (QED) is 0.803. The predicted octanol–water partition coefficient (Wildman–Crippen LogP) is 3.56. The maximum atomic E-state index is 13.5. The molecule has 0 spiro atoms. The molecule has 0 radical (unpaired) electrons. The standard InChI is InChI=1S/C12H9BrFNO/c13-12-11(14)10(6-7-15-12)16-8-9-4-2-1-3-5-9/h1-7H,8H2. The Hall–Kier alpha value is -1.42. The fraction of sp³-hybridized carbons (Fsp3) is 0.0833. The van der Waals surface area contributed by atoms with Gasteiger partial charge in [-0.05, 0) is 21.5 Å². The third-order valence-corrected chi connectivity index (χ3v) is 2.60.